The molecule has 3 aromatic heterocycles. The van der Waals surface area contributed by atoms with E-state index in [1.165, 1.54) is 25.5 Å². The minimum atomic E-state index is -1.00. The van der Waals surface area contributed by atoms with Gasteiger partial charge in [0.2, 0.25) is 0 Å². The number of benzene rings is 2. The highest BCUT2D eigenvalue weighted by Gasteiger charge is 2.20. The molecule has 0 spiro atoms. The summed E-state index contributed by atoms with van der Waals surface area (Å²) in [6, 6.07) is 11.4. The fourth-order valence-corrected chi connectivity index (χ4v) is 4.52. The Labute approximate surface area is 233 Å². The van der Waals surface area contributed by atoms with Gasteiger partial charge in [-0.25, -0.2) is 28.7 Å². The number of hydrogen-bond donors (Lipinski definition) is 3. The average Bonchev–Trinajstić information content (AvgIpc) is 3.32. The van der Waals surface area contributed by atoms with Crippen molar-refractivity contribution >= 4 is 28.6 Å². The van der Waals surface area contributed by atoms with E-state index in [1.807, 2.05) is 48.1 Å². The Morgan fingerprint density at radius 1 is 1.17 bits per heavy atom. The van der Waals surface area contributed by atoms with Crippen LogP contribution in [0.5, 0.6) is 0 Å². The first-order chi connectivity index (χ1) is 19.7. The van der Waals surface area contributed by atoms with Crippen LogP contribution in [-0.2, 0) is 13.6 Å². The molecule has 0 aliphatic rings. The first-order valence-corrected chi connectivity index (χ1v) is 12.6. The lowest BCUT2D eigenvalue weighted by atomic mass is 10.0. The number of aryl methyl sites for hydroxylation is 2. The lowest BCUT2D eigenvalue weighted by Crippen LogP contribution is -2.29. The van der Waals surface area contributed by atoms with Crippen molar-refractivity contribution in [1.29, 1.82) is 5.26 Å². The molecule has 41 heavy (non-hydrogen) atoms. The number of hydrogen-bond acceptors (Lipinski definition) is 8. The van der Waals surface area contributed by atoms with Crippen molar-refractivity contribution in [3.8, 4) is 17.2 Å². The third-order valence-electron chi connectivity index (χ3n) is 6.69. The van der Waals surface area contributed by atoms with Crippen LogP contribution in [0.25, 0.3) is 22.2 Å². The van der Waals surface area contributed by atoms with Gasteiger partial charge in [-0.2, -0.15) is 5.26 Å². The van der Waals surface area contributed by atoms with Crippen LogP contribution in [0.2, 0.25) is 0 Å². The normalized spacial score (nSPS) is 11.7. The van der Waals surface area contributed by atoms with Crippen molar-refractivity contribution < 1.29 is 13.6 Å². The van der Waals surface area contributed by atoms with Crippen LogP contribution in [0.3, 0.4) is 0 Å². The number of carbonyl (C=O) groups is 1. The quantitative estimate of drug-likeness (QED) is 0.266. The maximum absolute atomic E-state index is 13.9. The number of anilines is 2. The Hall–Kier alpha value is -5.44. The Morgan fingerprint density at radius 3 is 2.63 bits per heavy atom. The molecule has 0 fully saturated rings. The fraction of sp³-hybridized carbons (Fsp3) is 0.172. The topological polar surface area (TPSA) is 147 Å². The van der Waals surface area contributed by atoms with Crippen molar-refractivity contribution in [2.75, 3.05) is 11.1 Å². The van der Waals surface area contributed by atoms with Gasteiger partial charge in [0.05, 0.1) is 17.6 Å². The zero-order valence-corrected chi connectivity index (χ0v) is 22.4. The molecular weight excluding hydrogens is 528 g/mol. The first-order valence-electron chi connectivity index (χ1n) is 12.6. The minimum Gasteiger partial charge on any atom is -0.383 e. The Balaban J connectivity index is 1.34. The molecule has 0 unspecified atom stereocenters. The van der Waals surface area contributed by atoms with Gasteiger partial charge in [-0.15, -0.1) is 0 Å². The molecule has 4 N–H and O–H groups in total. The summed E-state index contributed by atoms with van der Waals surface area (Å²) in [5, 5.41) is 15.9. The molecule has 10 nitrogen and oxygen atoms in total. The van der Waals surface area contributed by atoms with Gasteiger partial charge < -0.3 is 20.9 Å². The minimum absolute atomic E-state index is 0.0419. The Morgan fingerprint density at radius 2 is 1.93 bits per heavy atom. The summed E-state index contributed by atoms with van der Waals surface area (Å²) >= 11 is 0. The van der Waals surface area contributed by atoms with Gasteiger partial charge >= 0.3 is 0 Å². The number of amides is 1. The van der Waals surface area contributed by atoms with Gasteiger partial charge in [-0.05, 0) is 42.2 Å². The highest BCUT2D eigenvalue weighted by molar-refractivity contribution is 6.00. The first kappa shape index (κ1) is 27.1. The summed E-state index contributed by atoms with van der Waals surface area (Å²) in [5.74, 6) is -2.00. The lowest BCUT2D eigenvalue weighted by molar-refractivity contribution is 0.0935. The number of rotatable bonds is 7. The van der Waals surface area contributed by atoms with E-state index in [1.54, 1.807) is 6.92 Å². The largest absolute Gasteiger partial charge is 0.383 e. The van der Waals surface area contributed by atoms with Gasteiger partial charge in [0.25, 0.3) is 5.91 Å². The number of aromatic nitrogens is 5. The van der Waals surface area contributed by atoms with Crippen LogP contribution < -0.4 is 16.4 Å². The van der Waals surface area contributed by atoms with E-state index in [9.17, 15) is 18.8 Å². The SMILES string of the molecule is Cc1cc([C@H](C)NC(=O)c2nc(C#N)cnc2NCc2ccc(-c3cn(C)c4ncnc(N)c34)cc2)cc(F)c1F. The van der Waals surface area contributed by atoms with Crippen LogP contribution in [0.15, 0.2) is 55.1 Å². The Kier molecular flexibility index (Phi) is 7.26. The molecule has 0 radical (unpaired) electrons. The van der Waals surface area contributed by atoms with Crippen molar-refractivity contribution in [3.63, 3.8) is 0 Å². The maximum atomic E-state index is 13.9. The van der Waals surface area contributed by atoms with E-state index < -0.39 is 23.6 Å². The number of carbonyl (C=O) groups excluding carboxylic acids is 1. The fourth-order valence-electron chi connectivity index (χ4n) is 4.52. The Bertz CT molecular complexity index is 1800. The van der Waals surface area contributed by atoms with E-state index >= 15 is 0 Å². The molecular formula is C29H25F2N9O. The van der Waals surface area contributed by atoms with Crippen molar-refractivity contribution in [3.05, 3.63) is 94.8 Å². The van der Waals surface area contributed by atoms with E-state index in [2.05, 4.69) is 30.6 Å². The van der Waals surface area contributed by atoms with Crippen LogP contribution in [0.4, 0.5) is 20.4 Å². The summed E-state index contributed by atoms with van der Waals surface area (Å²) in [4.78, 5) is 29.9. The van der Waals surface area contributed by atoms with Gasteiger partial charge in [0.15, 0.2) is 28.8 Å². The standard InChI is InChI=1S/C29H25F2N9O/c1-15-8-19(9-22(30)24(15)31)16(2)38-29(41)25-27(35-12-20(10-32)39-25)34-11-17-4-6-18(7-5-17)21-13-40(3)28-23(21)26(33)36-14-37-28/h4-9,12-14,16H,11H2,1-3H3,(H,34,35)(H,38,41)(H2,33,36,37)/t16-/m0/s1. The third-order valence-corrected chi connectivity index (χ3v) is 6.69. The van der Waals surface area contributed by atoms with Crippen LogP contribution in [0, 0.1) is 29.9 Å². The summed E-state index contributed by atoms with van der Waals surface area (Å²) in [5.41, 5.74) is 9.94. The van der Waals surface area contributed by atoms with Crippen molar-refractivity contribution in [1.82, 2.24) is 29.8 Å². The second kappa shape index (κ2) is 11.0. The van der Waals surface area contributed by atoms with E-state index in [4.69, 9.17) is 5.73 Å². The van der Waals surface area contributed by atoms with E-state index in [0.29, 0.717) is 17.9 Å². The second-order valence-corrected chi connectivity index (χ2v) is 9.55. The van der Waals surface area contributed by atoms with Gasteiger partial charge in [-0.1, -0.05) is 30.3 Å². The van der Waals surface area contributed by atoms with E-state index in [-0.39, 0.29) is 22.8 Å². The predicted molar refractivity (Wildman–Crippen MR) is 149 cm³/mol. The molecule has 0 aliphatic heterocycles. The molecule has 206 valence electrons. The molecule has 0 saturated heterocycles. The zero-order valence-electron chi connectivity index (χ0n) is 22.4. The predicted octanol–water partition coefficient (Wildman–Crippen LogP) is 4.57. The number of nitrogen functional groups attached to an aromatic ring is 1. The summed E-state index contributed by atoms with van der Waals surface area (Å²) in [6.45, 7) is 3.38. The molecule has 5 aromatic rings. The van der Waals surface area contributed by atoms with Gasteiger partial charge in [0.1, 0.15) is 23.9 Å². The number of halogens is 2. The van der Waals surface area contributed by atoms with Gasteiger partial charge in [0, 0.05) is 25.4 Å². The number of nitrogens with zero attached hydrogens (tertiary/aromatic N) is 6. The zero-order chi connectivity index (χ0) is 29.3. The molecule has 1 atom stereocenters. The molecule has 0 saturated carbocycles. The van der Waals surface area contributed by atoms with Crippen LogP contribution in [-0.4, -0.2) is 30.4 Å². The van der Waals surface area contributed by atoms with Crippen molar-refractivity contribution in [2.24, 2.45) is 7.05 Å². The van der Waals surface area contributed by atoms with Crippen LogP contribution in [0.1, 0.15) is 45.8 Å². The lowest BCUT2D eigenvalue weighted by Gasteiger charge is -2.17. The smallest absolute Gasteiger partial charge is 0.274 e. The molecule has 0 aliphatic carbocycles. The van der Waals surface area contributed by atoms with Crippen LogP contribution >= 0.6 is 0 Å². The van der Waals surface area contributed by atoms with Gasteiger partial charge in [-0.3, -0.25) is 4.79 Å². The molecule has 1 amide bonds. The second-order valence-electron chi connectivity index (χ2n) is 9.55. The summed E-state index contributed by atoms with van der Waals surface area (Å²) < 4.78 is 29.5. The average molecular weight is 554 g/mol. The number of nitrogens with two attached hydrogens (primary N) is 1. The third kappa shape index (κ3) is 5.38. The molecule has 5 rings (SSSR count). The highest BCUT2D eigenvalue weighted by atomic mass is 19.2. The number of nitrogens with one attached hydrogen (secondary N) is 2. The van der Waals surface area contributed by atoms with E-state index in [0.717, 1.165) is 33.8 Å². The molecule has 12 heteroatoms. The number of fused-ring (bicyclic) bond motifs is 1. The monoisotopic (exact) mass is 553 g/mol. The maximum Gasteiger partial charge on any atom is 0.274 e. The highest BCUT2D eigenvalue weighted by Crippen LogP contribution is 2.32. The molecule has 3 heterocycles. The number of nitriles is 1. The molecule has 2 aromatic carbocycles. The summed E-state index contributed by atoms with van der Waals surface area (Å²) in [7, 11) is 1.89. The van der Waals surface area contributed by atoms with Crippen molar-refractivity contribution in [2.45, 2.75) is 26.4 Å². The summed E-state index contributed by atoms with van der Waals surface area (Å²) in [6.07, 6.45) is 4.64. The molecule has 0 bridgehead atoms.